The highest BCUT2D eigenvalue weighted by molar-refractivity contribution is 5.80. The Labute approximate surface area is 183 Å². The lowest BCUT2D eigenvalue weighted by atomic mass is 9.86. The Bertz CT molecular complexity index is 1010. The summed E-state index contributed by atoms with van der Waals surface area (Å²) in [5.41, 5.74) is 2.50. The smallest absolute Gasteiger partial charge is 0.258 e. The number of hydrogen-bond acceptors (Lipinski definition) is 4. The second-order valence-corrected chi connectivity index (χ2v) is 8.39. The number of amides is 1. The summed E-state index contributed by atoms with van der Waals surface area (Å²) in [4.78, 5) is 28.7. The average molecular weight is 422 g/mol. The van der Waals surface area contributed by atoms with E-state index in [1.807, 2.05) is 66.1 Å². The normalized spacial score (nSPS) is 25.0. The van der Waals surface area contributed by atoms with Crippen molar-refractivity contribution in [2.24, 2.45) is 11.8 Å². The number of aliphatic hydroxyl groups is 1. The summed E-state index contributed by atoms with van der Waals surface area (Å²) < 4.78 is 1.83. The molecule has 1 fully saturated rings. The van der Waals surface area contributed by atoms with Crippen molar-refractivity contribution in [1.29, 1.82) is 0 Å². The summed E-state index contributed by atoms with van der Waals surface area (Å²) in [5, 5.41) is 13.1. The van der Waals surface area contributed by atoms with E-state index in [0.717, 1.165) is 24.2 Å². The maximum Gasteiger partial charge on any atom is 0.258 e. The molecule has 31 heavy (non-hydrogen) atoms. The molecule has 0 spiro atoms. The van der Waals surface area contributed by atoms with Crippen LogP contribution in [0.2, 0.25) is 0 Å². The van der Waals surface area contributed by atoms with Gasteiger partial charge in [-0.2, -0.15) is 0 Å². The number of aromatic nitrogens is 1. The molecule has 0 saturated carbocycles. The number of nitrogens with zero attached hydrogens (tertiary/aromatic N) is 2. The monoisotopic (exact) mass is 421 g/mol. The van der Waals surface area contributed by atoms with Gasteiger partial charge in [0.05, 0.1) is 12.0 Å². The van der Waals surface area contributed by atoms with Crippen LogP contribution in [0.3, 0.4) is 0 Å². The third-order valence-corrected chi connectivity index (χ3v) is 6.59. The quantitative estimate of drug-likeness (QED) is 0.721. The fraction of sp³-hybridized carbons (Fsp3) is 0.440. The van der Waals surface area contributed by atoms with E-state index in [1.54, 1.807) is 0 Å². The molecule has 2 aliphatic heterocycles. The fourth-order valence-corrected chi connectivity index (χ4v) is 5.27. The van der Waals surface area contributed by atoms with E-state index >= 15 is 0 Å². The first-order chi connectivity index (χ1) is 15.1. The molecular weight excluding hydrogens is 390 g/mol. The first-order valence-electron chi connectivity index (χ1n) is 11.2. The van der Waals surface area contributed by atoms with Gasteiger partial charge in [0.15, 0.2) is 0 Å². The second-order valence-electron chi connectivity index (χ2n) is 8.39. The van der Waals surface area contributed by atoms with Crippen LogP contribution in [0.15, 0.2) is 47.3 Å². The van der Waals surface area contributed by atoms with Gasteiger partial charge in [-0.25, -0.2) is 0 Å². The maximum absolute atomic E-state index is 13.3. The molecule has 2 aliphatic rings. The zero-order valence-electron chi connectivity index (χ0n) is 18.2. The van der Waals surface area contributed by atoms with E-state index < -0.39 is 0 Å². The van der Waals surface area contributed by atoms with Crippen molar-refractivity contribution < 1.29 is 9.90 Å². The SMILES string of the molecule is CCCN1[C@@H]2Cn3c(ccc(/C=C/c4ccccc4)c3=O)[C@H]1[C@@H](C(=O)NCC)[C@@H]2CO. The van der Waals surface area contributed by atoms with Gasteiger partial charge in [0.2, 0.25) is 5.91 Å². The molecule has 164 valence electrons. The number of carbonyl (C=O) groups excluding carboxylic acids is 1. The molecule has 2 bridgehead atoms. The predicted octanol–water partition coefficient (Wildman–Crippen LogP) is 2.53. The second kappa shape index (κ2) is 9.20. The molecule has 6 nitrogen and oxygen atoms in total. The van der Waals surface area contributed by atoms with Gasteiger partial charge in [-0.15, -0.1) is 0 Å². The number of rotatable bonds is 7. The Morgan fingerprint density at radius 3 is 2.61 bits per heavy atom. The van der Waals surface area contributed by atoms with Crippen molar-refractivity contribution in [3.63, 3.8) is 0 Å². The van der Waals surface area contributed by atoms with Gasteiger partial charge in [-0.3, -0.25) is 14.5 Å². The van der Waals surface area contributed by atoms with Crippen LogP contribution in [-0.4, -0.2) is 46.2 Å². The van der Waals surface area contributed by atoms with Gasteiger partial charge in [-0.1, -0.05) is 43.3 Å². The number of fused-ring (bicyclic) bond motifs is 4. The molecule has 4 atom stereocenters. The largest absolute Gasteiger partial charge is 0.396 e. The molecular formula is C25H31N3O3. The van der Waals surface area contributed by atoms with Crippen LogP contribution >= 0.6 is 0 Å². The Hall–Kier alpha value is -2.70. The molecule has 1 aromatic heterocycles. The number of nitrogens with one attached hydrogen (secondary N) is 1. The van der Waals surface area contributed by atoms with Crippen molar-refractivity contribution in [3.05, 3.63) is 69.6 Å². The molecule has 0 aliphatic carbocycles. The maximum atomic E-state index is 13.3. The third-order valence-electron chi connectivity index (χ3n) is 6.59. The van der Waals surface area contributed by atoms with E-state index in [2.05, 4.69) is 17.1 Å². The summed E-state index contributed by atoms with van der Waals surface area (Å²) in [6, 6.07) is 13.5. The van der Waals surface area contributed by atoms with E-state index in [-0.39, 0.29) is 42.0 Å². The molecule has 3 heterocycles. The van der Waals surface area contributed by atoms with Crippen molar-refractivity contribution in [2.75, 3.05) is 19.7 Å². The van der Waals surface area contributed by atoms with E-state index in [1.165, 1.54) is 0 Å². The minimum Gasteiger partial charge on any atom is -0.396 e. The predicted molar refractivity (Wildman–Crippen MR) is 122 cm³/mol. The van der Waals surface area contributed by atoms with Gasteiger partial charge in [0, 0.05) is 42.9 Å². The van der Waals surface area contributed by atoms with Crippen LogP contribution in [0.1, 0.15) is 43.1 Å². The summed E-state index contributed by atoms with van der Waals surface area (Å²) in [6.07, 6.45) is 4.75. The van der Waals surface area contributed by atoms with Crippen molar-refractivity contribution >= 4 is 18.1 Å². The topological polar surface area (TPSA) is 74.6 Å². The highest BCUT2D eigenvalue weighted by Gasteiger charge is 2.55. The van der Waals surface area contributed by atoms with Crippen molar-refractivity contribution in [1.82, 2.24) is 14.8 Å². The summed E-state index contributed by atoms with van der Waals surface area (Å²) in [5.74, 6) is -0.588. The van der Waals surface area contributed by atoms with Crippen LogP contribution in [0, 0.1) is 11.8 Å². The lowest BCUT2D eigenvalue weighted by Gasteiger charge is -2.38. The van der Waals surface area contributed by atoms with Crippen molar-refractivity contribution in [3.8, 4) is 0 Å². The van der Waals surface area contributed by atoms with Crippen LogP contribution < -0.4 is 10.9 Å². The van der Waals surface area contributed by atoms with Crippen LogP contribution in [0.25, 0.3) is 12.2 Å². The number of benzene rings is 1. The summed E-state index contributed by atoms with van der Waals surface area (Å²) in [7, 11) is 0. The summed E-state index contributed by atoms with van der Waals surface area (Å²) >= 11 is 0. The summed E-state index contributed by atoms with van der Waals surface area (Å²) in [6.45, 7) is 5.85. The third kappa shape index (κ3) is 3.86. The first-order valence-corrected chi connectivity index (χ1v) is 11.2. The lowest BCUT2D eigenvalue weighted by molar-refractivity contribution is -0.127. The van der Waals surface area contributed by atoms with Gasteiger partial charge >= 0.3 is 0 Å². The lowest BCUT2D eigenvalue weighted by Crippen LogP contribution is -2.47. The van der Waals surface area contributed by atoms with E-state index in [4.69, 9.17) is 0 Å². The molecule has 2 N–H and O–H groups in total. The first kappa shape index (κ1) is 21.5. The standard InChI is InChI=1S/C25H31N3O3/c1-3-14-27-21-15-28-20(23(27)22(19(21)16-29)24(30)26-4-2)13-12-18(25(28)31)11-10-17-8-6-5-7-9-17/h5-13,19,21-23,29H,3-4,14-16H2,1-2H3,(H,26,30)/b11-10+/t19-,21-,22+,23+/m1/s1. The molecule has 6 heteroatoms. The van der Waals surface area contributed by atoms with Crippen LogP contribution in [0.4, 0.5) is 0 Å². The highest BCUT2D eigenvalue weighted by atomic mass is 16.3. The zero-order valence-corrected chi connectivity index (χ0v) is 18.2. The fourth-order valence-electron chi connectivity index (χ4n) is 5.27. The Kier molecular flexibility index (Phi) is 6.39. The molecule has 1 saturated heterocycles. The zero-order chi connectivity index (χ0) is 22.0. The van der Waals surface area contributed by atoms with E-state index in [9.17, 15) is 14.7 Å². The molecule has 1 aromatic carbocycles. The molecule has 2 aromatic rings. The molecule has 4 rings (SSSR count). The Morgan fingerprint density at radius 1 is 1.16 bits per heavy atom. The minimum absolute atomic E-state index is 0.0268. The number of pyridine rings is 1. The van der Waals surface area contributed by atoms with Crippen LogP contribution in [0.5, 0.6) is 0 Å². The molecule has 1 amide bonds. The van der Waals surface area contributed by atoms with Gasteiger partial charge < -0.3 is 15.0 Å². The Morgan fingerprint density at radius 2 is 1.94 bits per heavy atom. The van der Waals surface area contributed by atoms with Crippen LogP contribution in [-0.2, 0) is 11.3 Å². The minimum atomic E-state index is -0.361. The Balaban J connectivity index is 1.75. The highest BCUT2D eigenvalue weighted by Crippen LogP contribution is 2.48. The number of aliphatic hydroxyl groups excluding tert-OH is 1. The van der Waals surface area contributed by atoms with Gasteiger partial charge in [-0.05, 0) is 43.7 Å². The number of hydrogen-bond donors (Lipinski definition) is 2. The average Bonchev–Trinajstić information content (AvgIpc) is 2.99. The molecule has 0 radical (unpaired) electrons. The molecule has 0 unspecified atom stereocenters. The van der Waals surface area contributed by atoms with Crippen molar-refractivity contribution in [2.45, 2.75) is 38.9 Å². The van der Waals surface area contributed by atoms with E-state index in [0.29, 0.717) is 18.7 Å². The van der Waals surface area contributed by atoms with Gasteiger partial charge in [0.1, 0.15) is 0 Å². The van der Waals surface area contributed by atoms with Gasteiger partial charge in [0.25, 0.3) is 5.56 Å². The number of carbonyl (C=O) groups is 1.